The molecule has 0 spiro atoms. The first-order chi connectivity index (χ1) is 13.0. The van der Waals surface area contributed by atoms with Crippen molar-refractivity contribution in [2.75, 3.05) is 31.1 Å². The summed E-state index contributed by atoms with van der Waals surface area (Å²) in [4.78, 5) is 16.3. The lowest BCUT2D eigenvalue weighted by Gasteiger charge is -2.37. The molecule has 1 aromatic rings. The van der Waals surface area contributed by atoms with E-state index >= 15 is 0 Å². The number of nitrogens with zero attached hydrogens (tertiary/aromatic N) is 3. The first kappa shape index (κ1) is 19.4. The lowest BCUT2D eigenvalue weighted by Crippen LogP contribution is -2.53. The van der Waals surface area contributed by atoms with Crippen molar-refractivity contribution in [2.45, 2.75) is 44.8 Å². The predicted octanol–water partition coefficient (Wildman–Crippen LogP) is 2.47. The number of nitrogens with one attached hydrogen (secondary N) is 1. The molecule has 2 unspecified atom stereocenters. The Hall–Kier alpha value is -2.33. The predicted molar refractivity (Wildman–Crippen MR) is 101 cm³/mol. The minimum Gasteiger partial charge on any atom is -0.393 e. The van der Waals surface area contributed by atoms with Gasteiger partial charge in [-0.1, -0.05) is 0 Å². The Morgan fingerprint density at radius 2 is 2.07 bits per heavy atom. The fourth-order valence-electron chi connectivity index (χ4n) is 4.00. The number of anilines is 1. The average Bonchev–Trinajstić information content (AvgIpc) is 2.68. The van der Waals surface area contributed by atoms with Crippen molar-refractivity contribution < 1.29 is 14.3 Å². The Kier molecular flexibility index (Phi) is 6.17. The van der Waals surface area contributed by atoms with Gasteiger partial charge in [-0.15, -0.1) is 0 Å². The van der Waals surface area contributed by atoms with Crippen molar-refractivity contribution in [3.05, 3.63) is 29.6 Å². The highest BCUT2D eigenvalue weighted by atomic mass is 19.1. The number of carbonyl (C=O) groups excluding carboxylic acids is 1. The highest BCUT2D eigenvalue weighted by Crippen LogP contribution is 2.25. The van der Waals surface area contributed by atoms with Crippen LogP contribution >= 0.6 is 0 Å². The second-order valence-electron chi connectivity index (χ2n) is 7.58. The van der Waals surface area contributed by atoms with Gasteiger partial charge in [0.25, 0.3) is 0 Å². The third kappa shape index (κ3) is 4.69. The first-order valence-electron chi connectivity index (χ1n) is 9.66. The van der Waals surface area contributed by atoms with E-state index in [1.807, 2.05) is 11.0 Å². The van der Waals surface area contributed by atoms with E-state index in [1.54, 1.807) is 24.0 Å². The fraction of sp³-hybridized carbons (Fsp3) is 0.600. The molecule has 2 heterocycles. The van der Waals surface area contributed by atoms with Crippen LogP contribution in [0.15, 0.2) is 18.2 Å². The normalized spacial score (nSPS) is 22.2. The number of urea groups is 1. The maximum atomic E-state index is 14.3. The second kappa shape index (κ2) is 8.57. The molecule has 2 N–H and O–H groups in total. The molecule has 2 fully saturated rings. The summed E-state index contributed by atoms with van der Waals surface area (Å²) in [7, 11) is 0. The van der Waals surface area contributed by atoms with Crippen LogP contribution in [-0.4, -0.2) is 54.4 Å². The van der Waals surface area contributed by atoms with Gasteiger partial charge in [0.1, 0.15) is 5.82 Å². The quantitative estimate of drug-likeness (QED) is 0.852. The van der Waals surface area contributed by atoms with E-state index in [2.05, 4.69) is 5.32 Å². The molecule has 2 aliphatic rings. The summed E-state index contributed by atoms with van der Waals surface area (Å²) in [6.45, 7) is 4.40. The smallest absolute Gasteiger partial charge is 0.317 e. The Morgan fingerprint density at radius 3 is 2.70 bits per heavy atom. The van der Waals surface area contributed by atoms with E-state index < -0.39 is 5.82 Å². The number of carbonyl (C=O) groups is 1. The summed E-state index contributed by atoms with van der Waals surface area (Å²) in [6.07, 6.45) is 3.04. The molecule has 1 aromatic carbocycles. The monoisotopic (exact) mass is 374 g/mol. The fourth-order valence-corrected chi connectivity index (χ4v) is 4.00. The van der Waals surface area contributed by atoms with Crippen LogP contribution in [0.3, 0.4) is 0 Å². The summed E-state index contributed by atoms with van der Waals surface area (Å²) in [5.74, 6) is -0.139. The summed E-state index contributed by atoms with van der Waals surface area (Å²) in [5.41, 5.74) is 0.782. The minimum atomic E-state index is -0.402. The highest BCUT2D eigenvalue weighted by Gasteiger charge is 2.28. The van der Waals surface area contributed by atoms with Gasteiger partial charge >= 0.3 is 6.03 Å². The molecule has 0 radical (unpaired) electrons. The number of halogens is 1. The van der Waals surface area contributed by atoms with Crippen molar-refractivity contribution >= 4 is 11.7 Å². The Balaban J connectivity index is 1.56. The molecule has 2 saturated heterocycles. The molecule has 3 rings (SSSR count). The zero-order valence-corrected chi connectivity index (χ0v) is 15.7. The number of hydrogen-bond donors (Lipinski definition) is 2. The van der Waals surface area contributed by atoms with Crippen molar-refractivity contribution in [1.82, 2.24) is 10.2 Å². The van der Waals surface area contributed by atoms with Gasteiger partial charge in [0.2, 0.25) is 0 Å². The topological polar surface area (TPSA) is 79.6 Å². The molecule has 7 heteroatoms. The lowest BCUT2D eigenvalue weighted by molar-refractivity contribution is 0.0792. The molecule has 27 heavy (non-hydrogen) atoms. The molecule has 2 amide bonds. The van der Waals surface area contributed by atoms with Gasteiger partial charge < -0.3 is 20.2 Å². The van der Waals surface area contributed by atoms with Crippen LogP contribution in [-0.2, 0) is 0 Å². The second-order valence-corrected chi connectivity index (χ2v) is 7.58. The van der Waals surface area contributed by atoms with Crippen LogP contribution in [0.2, 0.25) is 0 Å². The van der Waals surface area contributed by atoms with E-state index in [0.29, 0.717) is 30.9 Å². The highest BCUT2D eigenvalue weighted by molar-refractivity contribution is 5.74. The number of amides is 2. The van der Waals surface area contributed by atoms with Crippen molar-refractivity contribution in [3.8, 4) is 6.07 Å². The third-order valence-corrected chi connectivity index (χ3v) is 5.68. The van der Waals surface area contributed by atoms with Crippen molar-refractivity contribution in [2.24, 2.45) is 5.92 Å². The number of piperidine rings is 2. The first-order valence-corrected chi connectivity index (χ1v) is 9.66. The standard InChI is InChI=1S/C20H27FN4O2/c1-14(26)16-6-9-24(10-7-16)20(27)23-17-3-2-8-25(13-17)19-5-4-15(12-22)11-18(19)21/h4-5,11,14,16-17,26H,2-3,6-10,13H2,1H3,(H,23,27). The molecule has 6 nitrogen and oxygen atoms in total. The van der Waals surface area contributed by atoms with Gasteiger partial charge in [-0.3, -0.25) is 0 Å². The van der Waals surface area contributed by atoms with Crippen LogP contribution in [0, 0.1) is 23.1 Å². The molecule has 2 aliphatic heterocycles. The summed E-state index contributed by atoms with van der Waals surface area (Å²) < 4.78 is 14.3. The van der Waals surface area contributed by atoms with E-state index in [-0.39, 0.29) is 24.1 Å². The van der Waals surface area contributed by atoms with Crippen LogP contribution in [0.25, 0.3) is 0 Å². The number of likely N-dealkylation sites (tertiary alicyclic amines) is 1. The molecular weight excluding hydrogens is 347 g/mol. The van der Waals surface area contributed by atoms with Gasteiger partial charge in [-0.2, -0.15) is 5.26 Å². The van der Waals surface area contributed by atoms with Gasteiger partial charge in [0.15, 0.2) is 0 Å². The van der Waals surface area contributed by atoms with Crippen LogP contribution < -0.4 is 10.2 Å². The summed E-state index contributed by atoms with van der Waals surface area (Å²) >= 11 is 0. The van der Waals surface area contributed by atoms with Crippen molar-refractivity contribution in [1.29, 1.82) is 5.26 Å². The zero-order chi connectivity index (χ0) is 19.4. The molecule has 0 aliphatic carbocycles. The maximum absolute atomic E-state index is 14.3. The van der Waals surface area contributed by atoms with Gasteiger partial charge in [0, 0.05) is 32.2 Å². The molecule has 0 bridgehead atoms. The average molecular weight is 374 g/mol. The lowest BCUT2D eigenvalue weighted by atomic mass is 9.92. The largest absolute Gasteiger partial charge is 0.393 e. The van der Waals surface area contributed by atoms with Gasteiger partial charge in [-0.25, -0.2) is 9.18 Å². The van der Waals surface area contributed by atoms with E-state index in [0.717, 1.165) is 32.2 Å². The molecule has 0 saturated carbocycles. The number of hydrogen-bond acceptors (Lipinski definition) is 4. The summed E-state index contributed by atoms with van der Waals surface area (Å²) in [5, 5.41) is 21.6. The van der Waals surface area contributed by atoms with Crippen molar-refractivity contribution in [3.63, 3.8) is 0 Å². The zero-order valence-electron chi connectivity index (χ0n) is 15.7. The number of nitriles is 1. The number of rotatable bonds is 3. The Bertz CT molecular complexity index is 710. The van der Waals surface area contributed by atoms with Gasteiger partial charge in [-0.05, 0) is 56.7 Å². The maximum Gasteiger partial charge on any atom is 0.317 e. The molecule has 146 valence electrons. The van der Waals surface area contributed by atoms with E-state index in [4.69, 9.17) is 5.26 Å². The Morgan fingerprint density at radius 1 is 1.33 bits per heavy atom. The molecule has 0 aromatic heterocycles. The summed E-state index contributed by atoms with van der Waals surface area (Å²) in [6, 6.07) is 6.34. The number of aliphatic hydroxyl groups excluding tert-OH is 1. The van der Waals surface area contributed by atoms with Gasteiger partial charge in [0.05, 0.1) is 23.4 Å². The molecular formula is C20H27FN4O2. The minimum absolute atomic E-state index is 0.0317. The number of aliphatic hydroxyl groups is 1. The third-order valence-electron chi connectivity index (χ3n) is 5.68. The van der Waals surface area contributed by atoms with Crippen LogP contribution in [0.1, 0.15) is 38.2 Å². The van der Waals surface area contributed by atoms with E-state index in [1.165, 1.54) is 6.07 Å². The van der Waals surface area contributed by atoms with Crippen LogP contribution in [0.5, 0.6) is 0 Å². The number of benzene rings is 1. The molecule has 2 atom stereocenters. The Labute approximate surface area is 159 Å². The SMILES string of the molecule is CC(O)C1CCN(C(=O)NC2CCCN(c3ccc(C#N)cc3F)C2)CC1. The van der Waals surface area contributed by atoms with Crippen LogP contribution in [0.4, 0.5) is 14.9 Å². The van der Waals surface area contributed by atoms with E-state index in [9.17, 15) is 14.3 Å².